The topological polar surface area (TPSA) is 65.6 Å². The molecule has 1 aliphatic heterocycles. The minimum atomic E-state index is 0.257. The molecule has 25 heavy (non-hydrogen) atoms. The van der Waals surface area contributed by atoms with Crippen molar-refractivity contribution >= 4 is 0 Å². The van der Waals surface area contributed by atoms with Gasteiger partial charge < -0.3 is 14.4 Å². The minimum Gasteiger partial charge on any atom is -0.424 e. The fourth-order valence-electron chi connectivity index (χ4n) is 3.46. The minimum absolute atomic E-state index is 0.257. The van der Waals surface area contributed by atoms with Crippen LogP contribution in [0.3, 0.4) is 0 Å². The molecule has 1 aliphatic rings. The zero-order chi connectivity index (χ0) is 17.5. The highest BCUT2D eigenvalue weighted by Crippen LogP contribution is 2.18. The summed E-state index contributed by atoms with van der Waals surface area (Å²) in [7, 11) is 2.11. The molecule has 6 nitrogen and oxygen atoms in total. The van der Waals surface area contributed by atoms with Gasteiger partial charge in [0.2, 0.25) is 11.8 Å². The number of rotatable bonds is 8. The van der Waals surface area contributed by atoms with Crippen molar-refractivity contribution in [3.8, 4) is 0 Å². The lowest BCUT2D eigenvalue weighted by atomic mass is 9.96. The average Bonchev–Trinajstić information content (AvgIpc) is 3.04. The van der Waals surface area contributed by atoms with Crippen molar-refractivity contribution in [2.45, 2.75) is 25.8 Å². The van der Waals surface area contributed by atoms with Gasteiger partial charge in [0.25, 0.3) is 0 Å². The van der Waals surface area contributed by atoms with E-state index in [0.717, 1.165) is 26.2 Å². The Labute approximate surface area is 149 Å². The Morgan fingerprint density at radius 1 is 1.16 bits per heavy atom. The zero-order valence-corrected chi connectivity index (χ0v) is 15.0. The molecule has 0 atom stereocenters. The maximum Gasteiger partial charge on any atom is 0.230 e. The quantitative estimate of drug-likeness (QED) is 0.788. The van der Waals surface area contributed by atoms with Crippen molar-refractivity contribution in [2.24, 2.45) is 5.92 Å². The van der Waals surface area contributed by atoms with E-state index in [0.29, 0.717) is 30.7 Å². The number of likely N-dealkylation sites (tertiary alicyclic amines) is 1. The van der Waals surface area contributed by atoms with Gasteiger partial charge in [0.05, 0.1) is 19.6 Å². The number of aliphatic hydroxyl groups excluding tert-OH is 1. The van der Waals surface area contributed by atoms with Gasteiger partial charge in [0.1, 0.15) is 0 Å². The van der Waals surface area contributed by atoms with Crippen LogP contribution < -0.4 is 0 Å². The predicted octanol–water partition coefficient (Wildman–Crippen LogP) is 1.80. The van der Waals surface area contributed by atoms with Crippen molar-refractivity contribution in [1.29, 1.82) is 0 Å². The first kappa shape index (κ1) is 18.0. The highest BCUT2D eigenvalue weighted by atomic mass is 16.4. The van der Waals surface area contributed by atoms with Gasteiger partial charge >= 0.3 is 0 Å². The second-order valence-electron chi connectivity index (χ2n) is 6.96. The summed E-state index contributed by atoms with van der Waals surface area (Å²) in [5.41, 5.74) is 1.18. The summed E-state index contributed by atoms with van der Waals surface area (Å²) in [6, 6.07) is 10.2. The molecule has 1 saturated heterocycles. The Morgan fingerprint density at radius 3 is 2.60 bits per heavy atom. The fraction of sp³-hybridized carbons (Fsp3) is 0.579. The molecule has 1 aromatic carbocycles. The predicted molar refractivity (Wildman–Crippen MR) is 96.1 cm³/mol. The third kappa shape index (κ3) is 5.63. The van der Waals surface area contributed by atoms with Crippen LogP contribution >= 0.6 is 0 Å². The van der Waals surface area contributed by atoms with E-state index in [2.05, 4.69) is 39.2 Å². The van der Waals surface area contributed by atoms with Crippen LogP contribution in [0.25, 0.3) is 0 Å². The first-order valence-corrected chi connectivity index (χ1v) is 9.10. The molecular formula is C19H28N4O2. The maximum atomic E-state index is 9.02. The average molecular weight is 344 g/mol. The molecule has 2 heterocycles. The van der Waals surface area contributed by atoms with Crippen molar-refractivity contribution in [3.05, 3.63) is 47.7 Å². The number of benzene rings is 1. The summed E-state index contributed by atoms with van der Waals surface area (Å²) in [6.07, 6.45) is 3.06. The van der Waals surface area contributed by atoms with E-state index in [1.165, 1.54) is 18.4 Å². The van der Waals surface area contributed by atoms with E-state index in [1.807, 2.05) is 18.2 Å². The number of β-amino-alcohol motifs (C(OH)–C–C–N with tert-alkyl or cyclic N) is 1. The van der Waals surface area contributed by atoms with Gasteiger partial charge in [-0.2, -0.15) is 0 Å². The van der Waals surface area contributed by atoms with Crippen LogP contribution in [0.5, 0.6) is 0 Å². The molecule has 136 valence electrons. The van der Waals surface area contributed by atoms with Crippen LogP contribution in [0, 0.1) is 5.92 Å². The molecule has 0 saturated carbocycles. The monoisotopic (exact) mass is 344 g/mol. The molecule has 1 N–H and O–H groups in total. The van der Waals surface area contributed by atoms with Crippen LogP contribution in [-0.4, -0.2) is 64.9 Å². The fourth-order valence-corrected chi connectivity index (χ4v) is 3.46. The third-order valence-electron chi connectivity index (χ3n) is 4.81. The lowest BCUT2D eigenvalue weighted by molar-refractivity contribution is 0.127. The number of hydrogen-bond acceptors (Lipinski definition) is 6. The van der Waals surface area contributed by atoms with Crippen LogP contribution in [0.15, 0.2) is 34.7 Å². The molecule has 0 aliphatic carbocycles. The molecule has 3 rings (SSSR count). The molecule has 0 spiro atoms. The van der Waals surface area contributed by atoms with E-state index in [-0.39, 0.29) is 6.61 Å². The summed E-state index contributed by atoms with van der Waals surface area (Å²) in [5, 5.41) is 17.4. The molecule has 6 heteroatoms. The molecule has 0 unspecified atom stereocenters. The normalized spacial score (nSPS) is 16.6. The van der Waals surface area contributed by atoms with Crippen molar-refractivity contribution in [3.63, 3.8) is 0 Å². The molecular weight excluding hydrogens is 316 g/mol. The van der Waals surface area contributed by atoms with Gasteiger partial charge in [-0.15, -0.1) is 10.2 Å². The van der Waals surface area contributed by atoms with Gasteiger partial charge in [-0.05, 0) is 44.5 Å². The van der Waals surface area contributed by atoms with Gasteiger partial charge in [-0.3, -0.25) is 4.90 Å². The number of piperidine rings is 1. The largest absolute Gasteiger partial charge is 0.424 e. The van der Waals surface area contributed by atoms with Gasteiger partial charge in [0, 0.05) is 13.1 Å². The van der Waals surface area contributed by atoms with E-state index in [4.69, 9.17) is 9.52 Å². The third-order valence-corrected chi connectivity index (χ3v) is 4.81. The van der Waals surface area contributed by atoms with Gasteiger partial charge in [0.15, 0.2) is 0 Å². The Morgan fingerprint density at radius 2 is 1.88 bits per heavy atom. The molecule has 1 fully saturated rings. The first-order chi connectivity index (χ1) is 12.2. The first-order valence-electron chi connectivity index (χ1n) is 9.10. The summed E-state index contributed by atoms with van der Waals surface area (Å²) in [5.74, 6) is 2.06. The van der Waals surface area contributed by atoms with E-state index in [9.17, 15) is 0 Å². The van der Waals surface area contributed by atoms with Gasteiger partial charge in [-0.1, -0.05) is 30.3 Å². The van der Waals surface area contributed by atoms with Gasteiger partial charge in [-0.25, -0.2) is 0 Å². The number of nitrogens with zero attached hydrogens (tertiary/aromatic N) is 4. The summed E-state index contributed by atoms with van der Waals surface area (Å²) < 4.78 is 5.80. The van der Waals surface area contributed by atoms with Crippen LogP contribution in [-0.2, 0) is 13.0 Å². The maximum absolute atomic E-state index is 9.02. The van der Waals surface area contributed by atoms with Crippen LogP contribution in [0.2, 0.25) is 0 Å². The Balaban J connectivity index is 1.43. The Hall–Kier alpha value is -1.76. The number of aliphatic hydroxyl groups is 1. The van der Waals surface area contributed by atoms with Crippen molar-refractivity contribution < 1.29 is 9.52 Å². The number of aromatic nitrogens is 2. The molecule has 0 amide bonds. The summed E-state index contributed by atoms with van der Waals surface area (Å²) >= 11 is 0. The second kappa shape index (κ2) is 9.08. The van der Waals surface area contributed by atoms with E-state index in [1.54, 1.807) is 0 Å². The van der Waals surface area contributed by atoms with E-state index >= 15 is 0 Å². The van der Waals surface area contributed by atoms with Crippen LogP contribution in [0.1, 0.15) is 30.2 Å². The molecule has 1 aromatic heterocycles. The van der Waals surface area contributed by atoms with Crippen molar-refractivity contribution in [1.82, 2.24) is 20.0 Å². The second-order valence-corrected chi connectivity index (χ2v) is 6.96. The van der Waals surface area contributed by atoms with Crippen LogP contribution in [0.4, 0.5) is 0 Å². The van der Waals surface area contributed by atoms with Crippen molar-refractivity contribution in [2.75, 3.05) is 39.8 Å². The lowest BCUT2D eigenvalue weighted by Gasteiger charge is -2.33. The molecule has 0 radical (unpaired) electrons. The number of hydrogen-bond donors (Lipinski definition) is 1. The highest BCUT2D eigenvalue weighted by Gasteiger charge is 2.20. The Kier molecular flexibility index (Phi) is 6.55. The standard InChI is InChI=1S/C19H28N4O2/c1-22(14-17-7-9-23(10-8-17)11-12-24)15-19-21-20-18(25-19)13-16-5-3-2-4-6-16/h2-6,17,24H,7-15H2,1H3. The Bertz CT molecular complexity index is 623. The highest BCUT2D eigenvalue weighted by molar-refractivity contribution is 5.17. The zero-order valence-electron chi connectivity index (χ0n) is 15.0. The summed E-state index contributed by atoms with van der Waals surface area (Å²) in [6.45, 7) is 4.96. The molecule has 2 aromatic rings. The molecule has 0 bridgehead atoms. The SMILES string of the molecule is CN(Cc1nnc(Cc2ccccc2)o1)CC1CCN(CCO)CC1. The smallest absolute Gasteiger partial charge is 0.230 e. The lowest BCUT2D eigenvalue weighted by Crippen LogP contribution is -2.38. The van der Waals surface area contributed by atoms with E-state index < -0.39 is 0 Å². The summed E-state index contributed by atoms with van der Waals surface area (Å²) in [4.78, 5) is 4.61.